The number of ether oxygens (including phenoxy) is 6. The van der Waals surface area contributed by atoms with Gasteiger partial charge in [-0.25, -0.2) is 24.0 Å². The maximum Gasteiger partial charge on any atom is 0.348 e. The van der Waals surface area contributed by atoms with Gasteiger partial charge in [0, 0.05) is 50.4 Å². The number of Topliss-reactive ketones (excluding diaryl/α,β-unsaturated/α-hetero) is 1. The second kappa shape index (κ2) is 14.1. The highest BCUT2D eigenvalue weighted by Gasteiger charge is 2.56. The molecule has 5 rings (SSSR count). The molecule has 256 valence electrons. The van der Waals surface area contributed by atoms with Gasteiger partial charge in [0.1, 0.15) is 22.8 Å². The first-order valence-electron chi connectivity index (χ1n) is 15.5. The van der Waals surface area contributed by atoms with E-state index in [9.17, 15) is 33.9 Å². The van der Waals surface area contributed by atoms with E-state index >= 15 is 0 Å². The summed E-state index contributed by atoms with van der Waals surface area (Å²) >= 11 is 0. The van der Waals surface area contributed by atoms with Gasteiger partial charge in [0.25, 0.3) is 23.3 Å². The van der Waals surface area contributed by atoms with Crippen molar-refractivity contribution in [3.8, 4) is 12.0 Å². The third-order valence-electron chi connectivity index (χ3n) is 8.50. The largest absolute Gasteiger partial charge is 0.480 e. The zero-order valence-electron chi connectivity index (χ0n) is 26.3. The lowest BCUT2D eigenvalue weighted by molar-refractivity contribution is -0.297. The Bertz CT molecular complexity index is 1680. The summed E-state index contributed by atoms with van der Waals surface area (Å²) < 4.78 is 32.9. The minimum atomic E-state index is -1.57. The van der Waals surface area contributed by atoms with Crippen LogP contribution in [0.1, 0.15) is 58.3 Å². The second-order valence-corrected chi connectivity index (χ2v) is 11.7. The van der Waals surface area contributed by atoms with Gasteiger partial charge in [-0.2, -0.15) is 0 Å². The van der Waals surface area contributed by atoms with E-state index in [2.05, 4.69) is 5.92 Å². The fourth-order valence-corrected chi connectivity index (χ4v) is 5.87. The minimum absolute atomic E-state index is 0.0543. The summed E-state index contributed by atoms with van der Waals surface area (Å²) in [5.41, 5.74) is -0.944. The summed E-state index contributed by atoms with van der Waals surface area (Å²) in [6.07, 6.45) is 16.4. The molecule has 3 aliphatic heterocycles. The van der Waals surface area contributed by atoms with Crippen LogP contribution in [-0.2, 0) is 57.2 Å². The summed E-state index contributed by atoms with van der Waals surface area (Å²) in [5, 5.41) is 19.2. The molecule has 0 aromatic heterocycles. The van der Waals surface area contributed by atoms with E-state index in [1.807, 2.05) is 6.92 Å². The molecule has 49 heavy (non-hydrogen) atoms. The van der Waals surface area contributed by atoms with Gasteiger partial charge in [-0.1, -0.05) is 42.5 Å². The number of aliphatic hydroxyl groups excluding tert-OH is 2. The van der Waals surface area contributed by atoms with Crippen molar-refractivity contribution in [3.05, 3.63) is 83.4 Å². The first kappa shape index (κ1) is 34.5. The Hall–Kier alpha value is -5.84. The van der Waals surface area contributed by atoms with Gasteiger partial charge in [0.05, 0.1) is 0 Å². The van der Waals surface area contributed by atoms with E-state index in [1.54, 1.807) is 24.3 Å². The highest BCUT2D eigenvalue weighted by molar-refractivity contribution is 6.16. The molecule has 0 bridgehead atoms. The van der Waals surface area contributed by atoms with Crippen LogP contribution in [0, 0.1) is 17.9 Å². The topological polar surface area (TPSA) is 198 Å². The van der Waals surface area contributed by atoms with Crippen LogP contribution in [0.5, 0.6) is 0 Å². The predicted octanol–water partition coefficient (Wildman–Crippen LogP) is 3.38. The number of carbonyl (C=O) groups excluding carboxylic acids is 6. The molecule has 3 heterocycles. The molecule has 0 atom stereocenters. The second-order valence-electron chi connectivity index (χ2n) is 11.7. The van der Waals surface area contributed by atoms with E-state index in [4.69, 9.17) is 33.5 Å². The Balaban J connectivity index is 1.15. The average molecular weight is 677 g/mol. The highest BCUT2D eigenvalue weighted by atomic mass is 16.8. The number of ketones is 1. The molecule has 14 nitrogen and oxygen atoms in total. The lowest BCUT2D eigenvalue weighted by atomic mass is 9.82. The van der Waals surface area contributed by atoms with Crippen molar-refractivity contribution >= 4 is 35.6 Å². The quantitative estimate of drug-likeness (QED) is 0.104. The van der Waals surface area contributed by atoms with Gasteiger partial charge in [0.2, 0.25) is 5.78 Å². The van der Waals surface area contributed by atoms with Crippen LogP contribution in [0.15, 0.2) is 83.4 Å². The summed E-state index contributed by atoms with van der Waals surface area (Å²) in [5.74, 6) is -8.55. The Labute approximate surface area is 280 Å². The maximum absolute atomic E-state index is 12.8. The highest BCUT2D eigenvalue weighted by Crippen LogP contribution is 2.46. The first-order valence-corrected chi connectivity index (χ1v) is 15.5. The zero-order valence-corrected chi connectivity index (χ0v) is 26.3. The van der Waals surface area contributed by atoms with Crippen LogP contribution in [0.2, 0.25) is 0 Å². The van der Waals surface area contributed by atoms with Gasteiger partial charge >= 0.3 is 29.8 Å². The molecule has 2 N–H and O–H groups in total. The van der Waals surface area contributed by atoms with Crippen LogP contribution in [0.3, 0.4) is 0 Å². The van der Waals surface area contributed by atoms with Crippen LogP contribution in [0.25, 0.3) is 0 Å². The molecule has 5 aliphatic rings. The molecular formula is C35H32O14. The smallest absolute Gasteiger partial charge is 0.348 e. The third-order valence-corrected chi connectivity index (χ3v) is 8.50. The van der Waals surface area contributed by atoms with Crippen molar-refractivity contribution in [2.45, 2.75) is 75.7 Å². The molecule has 4 fully saturated rings. The van der Waals surface area contributed by atoms with E-state index in [1.165, 1.54) is 36.5 Å². The van der Waals surface area contributed by atoms with E-state index in [0.717, 1.165) is 6.08 Å². The fraction of sp³-hybridized carbons (Fsp3) is 0.371. The molecule has 3 spiro atoms. The van der Waals surface area contributed by atoms with Gasteiger partial charge < -0.3 is 38.6 Å². The molecule has 0 amide bonds. The summed E-state index contributed by atoms with van der Waals surface area (Å²) in [4.78, 5) is 75.0. The lowest BCUT2D eigenvalue weighted by Gasteiger charge is -2.46. The third kappa shape index (κ3) is 7.51. The van der Waals surface area contributed by atoms with Gasteiger partial charge in [0.15, 0.2) is 0 Å². The van der Waals surface area contributed by atoms with Crippen molar-refractivity contribution in [2.24, 2.45) is 5.92 Å². The van der Waals surface area contributed by atoms with Crippen LogP contribution in [0.4, 0.5) is 0 Å². The predicted molar refractivity (Wildman–Crippen MR) is 163 cm³/mol. The fourth-order valence-electron chi connectivity index (χ4n) is 5.87. The van der Waals surface area contributed by atoms with E-state index in [0.29, 0.717) is 0 Å². The van der Waals surface area contributed by atoms with Gasteiger partial charge in [-0.05, 0) is 38.0 Å². The number of hydrogen-bond donors (Lipinski definition) is 2. The number of rotatable bonds is 6. The molecule has 0 unspecified atom stereocenters. The van der Waals surface area contributed by atoms with Crippen molar-refractivity contribution in [1.82, 2.24) is 0 Å². The molecule has 0 aromatic rings. The Kier molecular flexibility index (Phi) is 9.93. The van der Waals surface area contributed by atoms with Gasteiger partial charge in [-0.3, -0.25) is 4.79 Å². The van der Waals surface area contributed by atoms with E-state index in [-0.39, 0.29) is 68.1 Å². The minimum Gasteiger partial charge on any atom is -0.480 e. The molecular weight excluding hydrogens is 644 g/mol. The summed E-state index contributed by atoms with van der Waals surface area (Å²) in [6, 6.07) is 0. The molecule has 0 aromatic carbocycles. The van der Waals surface area contributed by atoms with Gasteiger partial charge in [-0.15, -0.1) is 0 Å². The molecule has 2 saturated heterocycles. The van der Waals surface area contributed by atoms with Crippen molar-refractivity contribution in [3.63, 3.8) is 0 Å². The normalized spacial score (nSPS) is 30.3. The molecule has 14 heteroatoms. The molecule has 2 aliphatic carbocycles. The number of esters is 5. The molecule has 2 saturated carbocycles. The average Bonchev–Trinajstić information content (AvgIpc) is 3.04. The number of aliphatic hydroxyl groups is 2. The van der Waals surface area contributed by atoms with Crippen molar-refractivity contribution < 1.29 is 67.4 Å². The zero-order chi connectivity index (χ0) is 35.2. The maximum atomic E-state index is 12.8. The first-order chi connectivity index (χ1) is 23.4. The summed E-state index contributed by atoms with van der Waals surface area (Å²) in [7, 11) is 0. The number of carbonyl (C=O) groups is 6. The van der Waals surface area contributed by atoms with Crippen LogP contribution >= 0.6 is 0 Å². The van der Waals surface area contributed by atoms with Crippen molar-refractivity contribution in [2.75, 3.05) is 0 Å². The Morgan fingerprint density at radius 3 is 1.57 bits per heavy atom. The van der Waals surface area contributed by atoms with Crippen LogP contribution < -0.4 is 0 Å². The number of hydrogen-bond acceptors (Lipinski definition) is 14. The Morgan fingerprint density at radius 1 is 0.653 bits per heavy atom. The number of allylic oxidation sites excluding steroid dienone is 9. The van der Waals surface area contributed by atoms with E-state index < -0.39 is 64.9 Å². The SMILES string of the molecule is CC=CC=CC=C1C(=O)OC2(CCC3(CC2)OC(=O)C(C=CC=CC=C2C(=O)OC4(CCC(C(=O)C#CO)CC4)OC2=O)=C(O)O3)OC1=O. The van der Waals surface area contributed by atoms with Crippen molar-refractivity contribution in [1.29, 1.82) is 0 Å². The standard InChI is InChI=1S/C35H32O14/c1-2-3-4-6-9-23-29(40)46-34(47-30(23)41)17-19-35(20-18-34)48-31(42)25(32(43)49-35)11-8-5-7-10-24-27(38)44-33(45-28(24)39)15-12-22(13-16-33)26(37)14-21-36/h2-11,22,36,42H,12-13,15-20H2,1H3. The monoisotopic (exact) mass is 676 g/mol. The summed E-state index contributed by atoms with van der Waals surface area (Å²) in [6.45, 7) is 1.81. The lowest BCUT2D eigenvalue weighted by Crippen LogP contribution is -2.54. The Morgan fingerprint density at radius 2 is 1.10 bits per heavy atom. The molecule has 0 radical (unpaired) electrons. The van der Waals surface area contributed by atoms with Crippen LogP contribution in [-0.4, -0.2) is 63.2 Å².